The van der Waals surface area contributed by atoms with Crippen LogP contribution in [0.3, 0.4) is 0 Å². The molecule has 4 heterocycles. The molecule has 1 atom stereocenters. The lowest BCUT2D eigenvalue weighted by atomic mass is 10.2. The number of thiazole rings is 1. The molecule has 0 N–H and O–H groups in total. The van der Waals surface area contributed by atoms with Crippen LogP contribution in [0.5, 0.6) is 0 Å². The van der Waals surface area contributed by atoms with E-state index in [9.17, 15) is 0 Å². The molecule has 3 aromatic rings. The summed E-state index contributed by atoms with van der Waals surface area (Å²) in [4.78, 5) is 4.63. The van der Waals surface area contributed by atoms with Crippen molar-refractivity contribution in [2.24, 2.45) is 0 Å². The summed E-state index contributed by atoms with van der Waals surface area (Å²) in [6.07, 6.45) is 2.41. The first-order valence-electron chi connectivity index (χ1n) is 7.80. The Morgan fingerprint density at radius 3 is 3.17 bits per heavy atom. The lowest BCUT2D eigenvalue weighted by Crippen LogP contribution is -2.16. The second-order valence-electron chi connectivity index (χ2n) is 5.62. The van der Waals surface area contributed by atoms with Crippen LogP contribution in [-0.4, -0.2) is 37.9 Å². The third-order valence-corrected chi connectivity index (χ3v) is 5.65. The highest BCUT2D eigenvalue weighted by Gasteiger charge is 2.19. The van der Waals surface area contributed by atoms with Gasteiger partial charge in [-0.05, 0) is 42.3 Å². The number of aryl methyl sites for hydroxylation is 1. The van der Waals surface area contributed by atoms with E-state index in [4.69, 9.17) is 9.15 Å². The van der Waals surface area contributed by atoms with Gasteiger partial charge in [0.05, 0.1) is 18.3 Å². The van der Waals surface area contributed by atoms with Crippen molar-refractivity contribution in [1.29, 1.82) is 0 Å². The van der Waals surface area contributed by atoms with Crippen molar-refractivity contribution in [1.82, 2.24) is 25.2 Å². The van der Waals surface area contributed by atoms with E-state index in [1.807, 2.05) is 23.7 Å². The predicted molar refractivity (Wildman–Crippen MR) is 90.9 cm³/mol. The molecule has 0 aliphatic carbocycles. The van der Waals surface area contributed by atoms with Gasteiger partial charge in [-0.2, -0.15) is 0 Å². The van der Waals surface area contributed by atoms with Crippen molar-refractivity contribution in [2.45, 2.75) is 43.3 Å². The van der Waals surface area contributed by atoms with E-state index in [1.54, 1.807) is 23.1 Å². The zero-order valence-corrected chi connectivity index (χ0v) is 14.8. The van der Waals surface area contributed by atoms with Gasteiger partial charge in [-0.25, -0.2) is 9.67 Å². The fourth-order valence-electron chi connectivity index (χ4n) is 2.57. The van der Waals surface area contributed by atoms with Gasteiger partial charge in [0.25, 0.3) is 0 Å². The zero-order chi connectivity index (χ0) is 16.4. The molecule has 126 valence electrons. The van der Waals surface area contributed by atoms with Crippen LogP contribution in [0.1, 0.15) is 24.3 Å². The quantitative estimate of drug-likeness (QED) is 0.622. The topological polar surface area (TPSA) is 78.9 Å². The molecule has 0 aromatic carbocycles. The summed E-state index contributed by atoms with van der Waals surface area (Å²) in [5.74, 6) is 2.43. The van der Waals surface area contributed by atoms with Gasteiger partial charge in [0.2, 0.25) is 5.16 Å². The van der Waals surface area contributed by atoms with Crippen molar-refractivity contribution >= 4 is 23.1 Å². The molecule has 3 aromatic heterocycles. The highest BCUT2D eigenvalue weighted by molar-refractivity contribution is 7.98. The second-order valence-corrected chi connectivity index (χ2v) is 7.42. The molecule has 0 radical (unpaired) electrons. The van der Waals surface area contributed by atoms with Crippen LogP contribution < -0.4 is 0 Å². The summed E-state index contributed by atoms with van der Waals surface area (Å²) in [6.45, 7) is 3.48. The summed E-state index contributed by atoms with van der Waals surface area (Å²) < 4.78 is 13.1. The Balaban J connectivity index is 1.39. The minimum absolute atomic E-state index is 0.223. The molecule has 9 heteroatoms. The number of ether oxygens (including phenoxy) is 1. The Bertz CT molecular complexity index is 806. The Morgan fingerprint density at radius 1 is 1.42 bits per heavy atom. The van der Waals surface area contributed by atoms with E-state index in [0.717, 1.165) is 52.6 Å². The third kappa shape index (κ3) is 3.52. The van der Waals surface area contributed by atoms with E-state index in [2.05, 4.69) is 25.9 Å². The monoisotopic (exact) mass is 363 g/mol. The van der Waals surface area contributed by atoms with E-state index in [0.29, 0.717) is 6.54 Å². The number of furan rings is 1. The Morgan fingerprint density at radius 2 is 2.38 bits per heavy atom. The predicted octanol–water partition coefficient (Wildman–Crippen LogP) is 3.17. The molecule has 1 fully saturated rings. The average molecular weight is 363 g/mol. The highest BCUT2D eigenvalue weighted by Crippen LogP contribution is 2.28. The molecule has 1 aliphatic rings. The molecule has 0 saturated carbocycles. The van der Waals surface area contributed by atoms with Crippen molar-refractivity contribution in [2.75, 3.05) is 6.61 Å². The SMILES string of the molecule is Cc1ccc(-c2nc(CSc3nnnn3C[C@H]3CCCO3)cs2)o1. The Hall–Kier alpha value is -1.71. The van der Waals surface area contributed by atoms with Crippen LogP contribution >= 0.6 is 23.1 Å². The lowest BCUT2D eigenvalue weighted by molar-refractivity contribution is 0.0912. The molecular formula is C15H17N5O2S2. The third-order valence-electron chi connectivity index (χ3n) is 3.75. The highest BCUT2D eigenvalue weighted by atomic mass is 32.2. The standard InChI is InChI=1S/C15H17N5O2S2/c1-10-4-5-13(22-10)14-16-11(8-23-14)9-24-15-17-18-19-20(15)7-12-3-2-6-21-12/h4-5,8,12H,2-3,6-7,9H2,1H3/t12-/m1/s1. The summed E-state index contributed by atoms with van der Waals surface area (Å²) in [6, 6.07) is 3.90. The van der Waals surface area contributed by atoms with Crippen LogP contribution in [0, 0.1) is 6.92 Å². The minimum atomic E-state index is 0.223. The minimum Gasteiger partial charge on any atom is -0.459 e. The van der Waals surface area contributed by atoms with Gasteiger partial charge in [-0.15, -0.1) is 16.4 Å². The van der Waals surface area contributed by atoms with Crippen molar-refractivity contribution in [3.8, 4) is 10.8 Å². The number of tetrazole rings is 1. The van der Waals surface area contributed by atoms with E-state index >= 15 is 0 Å². The molecular weight excluding hydrogens is 346 g/mol. The van der Waals surface area contributed by atoms with Crippen LogP contribution in [0.4, 0.5) is 0 Å². The van der Waals surface area contributed by atoms with Crippen molar-refractivity contribution < 1.29 is 9.15 Å². The van der Waals surface area contributed by atoms with Crippen molar-refractivity contribution in [3.05, 3.63) is 29.0 Å². The number of hydrogen-bond donors (Lipinski definition) is 0. The largest absolute Gasteiger partial charge is 0.459 e. The maximum atomic E-state index is 5.65. The first-order valence-corrected chi connectivity index (χ1v) is 9.66. The van der Waals surface area contributed by atoms with E-state index < -0.39 is 0 Å². The molecule has 1 saturated heterocycles. The van der Waals surface area contributed by atoms with Gasteiger partial charge in [-0.3, -0.25) is 0 Å². The van der Waals surface area contributed by atoms with Gasteiger partial charge in [-0.1, -0.05) is 11.8 Å². The van der Waals surface area contributed by atoms with Gasteiger partial charge in [0.15, 0.2) is 10.8 Å². The van der Waals surface area contributed by atoms with Gasteiger partial charge in [0.1, 0.15) is 5.76 Å². The maximum Gasteiger partial charge on any atom is 0.209 e. The molecule has 1 aliphatic heterocycles. The summed E-state index contributed by atoms with van der Waals surface area (Å²) in [5.41, 5.74) is 1.00. The average Bonchev–Trinajstić information content (AvgIpc) is 3.34. The fourth-order valence-corrected chi connectivity index (χ4v) is 4.23. The zero-order valence-electron chi connectivity index (χ0n) is 13.2. The number of rotatable bonds is 6. The van der Waals surface area contributed by atoms with Gasteiger partial charge >= 0.3 is 0 Å². The summed E-state index contributed by atoms with van der Waals surface area (Å²) in [7, 11) is 0. The normalized spacial score (nSPS) is 17.6. The first-order chi connectivity index (χ1) is 11.8. The lowest BCUT2D eigenvalue weighted by Gasteiger charge is -2.09. The Labute approximate surface area is 147 Å². The van der Waals surface area contributed by atoms with Crippen LogP contribution in [0.15, 0.2) is 27.1 Å². The molecule has 0 unspecified atom stereocenters. The summed E-state index contributed by atoms with van der Waals surface area (Å²) >= 11 is 3.18. The van der Waals surface area contributed by atoms with Crippen LogP contribution in [0.2, 0.25) is 0 Å². The smallest absolute Gasteiger partial charge is 0.209 e. The van der Waals surface area contributed by atoms with E-state index in [-0.39, 0.29) is 6.10 Å². The fraction of sp³-hybridized carbons (Fsp3) is 0.467. The van der Waals surface area contributed by atoms with Crippen LogP contribution in [0.25, 0.3) is 10.8 Å². The molecule has 4 rings (SSSR count). The Kier molecular flexibility index (Phi) is 4.63. The first kappa shape index (κ1) is 15.8. The molecule has 0 amide bonds. The number of hydrogen-bond acceptors (Lipinski definition) is 8. The number of aromatic nitrogens is 5. The van der Waals surface area contributed by atoms with Crippen molar-refractivity contribution in [3.63, 3.8) is 0 Å². The van der Waals surface area contributed by atoms with Crippen LogP contribution in [-0.2, 0) is 17.0 Å². The van der Waals surface area contributed by atoms with Gasteiger partial charge < -0.3 is 9.15 Å². The second kappa shape index (κ2) is 7.04. The number of thioether (sulfide) groups is 1. The molecule has 0 spiro atoms. The molecule has 0 bridgehead atoms. The number of nitrogens with zero attached hydrogens (tertiary/aromatic N) is 5. The van der Waals surface area contributed by atoms with Gasteiger partial charge in [0, 0.05) is 17.7 Å². The molecule has 24 heavy (non-hydrogen) atoms. The summed E-state index contributed by atoms with van der Waals surface area (Å²) in [5, 5.41) is 15.7. The maximum absolute atomic E-state index is 5.65. The van der Waals surface area contributed by atoms with E-state index in [1.165, 1.54) is 0 Å². The molecule has 7 nitrogen and oxygen atoms in total.